The minimum atomic E-state index is 0.633. The van der Waals surface area contributed by atoms with Crippen molar-refractivity contribution in [3.8, 4) is 11.3 Å². The summed E-state index contributed by atoms with van der Waals surface area (Å²) >= 11 is 0. The summed E-state index contributed by atoms with van der Waals surface area (Å²) in [4.78, 5) is 8.45. The summed E-state index contributed by atoms with van der Waals surface area (Å²) in [5, 5.41) is 0.956. The summed E-state index contributed by atoms with van der Waals surface area (Å²) in [6.07, 6.45) is 3.18. The first-order chi connectivity index (χ1) is 8.24. The number of rotatable bonds is 1. The lowest BCUT2D eigenvalue weighted by Crippen LogP contribution is -1.88. The second-order valence-electron chi connectivity index (χ2n) is 4.24. The van der Waals surface area contributed by atoms with Crippen LogP contribution in [0.3, 0.4) is 0 Å². The summed E-state index contributed by atoms with van der Waals surface area (Å²) in [6.45, 7) is 4.18. The van der Waals surface area contributed by atoms with Gasteiger partial charge in [0.2, 0.25) is 5.71 Å². The van der Waals surface area contributed by atoms with Gasteiger partial charge < -0.3 is 4.42 Å². The number of furan rings is 1. The van der Waals surface area contributed by atoms with Gasteiger partial charge >= 0.3 is 0 Å². The smallest absolute Gasteiger partial charge is 0.229 e. The molecule has 0 bridgehead atoms. The number of benzene rings is 1. The molecular formula is C14H12N2O. The largest absolute Gasteiger partial charge is 0.446 e. The van der Waals surface area contributed by atoms with Crippen molar-refractivity contribution < 1.29 is 4.42 Å². The molecule has 0 radical (unpaired) electrons. The van der Waals surface area contributed by atoms with E-state index in [-0.39, 0.29) is 0 Å². The molecule has 1 aromatic carbocycles. The van der Waals surface area contributed by atoms with E-state index in [9.17, 15) is 0 Å². The summed E-state index contributed by atoms with van der Waals surface area (Å²) < 4.78 is 5.29. The van der Waals surface area contributed by atoms with Gasteiger partial charge in [-0.3, -0.25) is 0 Å². The molecule has 0 saturated heterocycles. The number of hydrogen-bond acceptors (Lipinski definition) is 3. The van der Waals surface area contributed by atoms with E-state index in [1.54, 1.807) is 12.6 Å². The van der Waals surface area contributed by atoms with Crippen LogP contribution in [0.25, 0.3) is 22.4 Å². The molecule has 0 amide bonds. The third-order valence-electron chi connectivity index (χ3n) is 2.76. The van der Waals surface area contributed by atoms with Gasteiger partial charge in [-0.25, -0.2) is 9.97 Å². The van der Waals surface area contributed by atoms with Gasteiger partial charge in [0.1, 0.15) is 6.33 Å². The van der Waals surface area contributed by atoms with Gasteiger partial charge in [0, 0.05) is 5.56 Å². The molecule has 0 spiro atoms. The molecule has 0 fully saturated rings. The Kier molecular flexibility index (Phi) is 2.18. The lowest BCUT2D eigenvalue weighted by Gasteiger charge is -2.04. The van der Waals surface area contributed by atoms with E-state index >= 15 is 0 Å². The number of aromatic nitrogens is 2. The average Bonchev–Trinajstić information content (AvgIpc) is 2.75. The van der Waals surface area contributed by atoms with Gasteiger partial charge in [-0.1, -0.05) is 17.2 Å². The first-order valence-electron chi connectivity index (χ1n) is 5.51. The Morgan fingerprint density at radius 1 is 1.00 bits per heavy atom. The van der Waals surface area contributed by atoms with E-state index in [1.165, 1.54) is 11.1 Å². The quantitative estimate of drug-likeness (QED) is 0.635. The minimum absolute atomic E-state index is 0.633. The molecule has 0 N–H and O–H groups in total. The monoisotopic (exact) mass is 224 g/mol. The maximum atomic E-state index is 5.29. The van der Waals surface area contributed by atoms with Crippen LogP contribution in [-0.2, 0) is 0 Å². The highest BCUT2D eigenvalue weighted by molar-refractivity contribution is 5.89. The number of nitrogens with zero attached hydrogens (tertiary/aromatic N) is 2. The van der Waals surface area contributed by atoms with Crippen LogP contribution in [0, 0.1) is 13.8 Å². The Bertz CT molecular complexity index is 665. The van der Waals surface area contributed by atoms with Gasteiger partial charge in [0.05, 0.1) is 17.3 Å². The van der Waals surface area contributed by atoms with E-state index in [4.69, 9.17) is 4.42 Å². The van der Waals surface area contributed by atoms with Crippen LogP contribution in [0.1, 0.15) is 11.1 Å². The van der Waals surface area contributed by atoms with Crippen LogP contribution in [-0.4, -0.2) is 9.97 Å². The average molecular weight is 224 g/mol. The Morgan fingerprint density at radius 2 is 1.76 bits per heavy atom. The van der Waals surface area contributed by atoms with Crippen LogP contribution in [0.2, 0.25) is 0 Å². The Labute approximate surface area is 99.1 Å². The Balaban J connectivity index is 2.30. The number of hydrogen-bond donors (Lipinski definition) is 0. The normalized spacial score (nSPS) is 10.9. The number of aryl methyl sites for hydroxylation is 2. The highest BCUT2D eigenvalue weighted by atomic mass is 16.3. The zero-order valence-corrected chi connectivity index (χ0v) is 9.77. The van der Waals surface area contributed by atoms with E-state index < -0.39 is 0 Å². The standard InChI is InChI=1S/C14H12N2O/c1-9-5-10(2)7-11(6-9)13-12-3-4-17-14(12)16-8-15-13/h3-8H,1-2H3. The van der Waals surface area contributed by atoms with E-state index in [2.05, 4.69) is 42.0 Å². The number of fused-ring (bicyclic) bond motifs is 1. The summed E-state index contributed by atoms with van der Waals surface area (Å²) in [5.41, 5.74) is 5.13. The second-order valence-corrected chi connectivity index (χ2v) is 4.24. The van der Waals surface area contributed by atoms with Gasteiger partial charge in [-0.05, 0) is 32.0 Å². The Morgan fingerprint density at radius 3 is 2.53 bits per heavy atom. The van der Waals surface area contributed by atoms with Crippen LogP contribution < -0.4 is 0 Å². The first kappa shape index (κ1) is 10.0. The lowest BCUT2D eigenvalue weighted by molar-refractivity contribution is 0.602. The molecular weight excluding hydrogens is 212 g/mol. The molecule has 0 saturated carbocycles. The van der Waals surface area contributed by atoms with Crippen molar-refractivity contribution in [1.82, 2.24) is 9.97 Å². The van der Waals surface area contributed by atoms with Crippen molar-refractivity contribution in [2.24, 2.45) is 0 Å². The van der Waals surface area contributed by atoms with Gasteiger partial charge in [-0.2, -0.15) is 0 Å². The van der Waals surface area contributed by atoms with Crippen molar-refractivity contribution in [2.45, 2.75) is 13.8 Å². The highest BCUT2D eigenvalue weighted by Crippen LogP contribution is 2.27. The van der Waals surface area contributed by atoms with Crippen molar-refractivity contribution >= 4 is 11.1 Å². The van der Waals surface area contributed by atoms with E-state index in [0.29, 0.717) is 5.71 Å². The molecule has 0 aliphatic heterocycles. The third kappa shape index (κ3) is 1.69. The SMILES string of the molecule is Cc1cc(C)cc(-c2ncnc3occc23)c1. The second kappa shape index (κ2) is 3.70. The molecule has 84 valence electrons. The molecule has 0 aliphatic rings. The first-order valence-corrected chi connectivity index (χ1v) is 5.51. The van der Waals surface area contributed by atoms with Crippen LogP contribution in [0.15, 0.2) is 41.3 Å². The molecule has 3 heteroatoms. The van der Waals surface area contributed by atoms with Crippen molar-refractivity contribution in [3.05, 3.63) is 48.0 Å². The molecule has 17 heavy (non-hydrogen) atoms. The Hall–Kier alpha value is -2.16. The van der Waals surface area contributed by atoms with E-state index in [0.717, 1.165) is 16.6 Å². The predicted molar refractivity (Wildman–Crippen MR) is 66.7 cm³/mol. The van der Waals surface area contributed by atoms with Crippen molar-refractivity contribution in [1.29, 1.82) is 0 Å². The third-order valence-corrected chi connectivity index (χ3v) is 2.76. The molecule has 3 rings (SSSR count). The zero-order valence-electron chi connectivity index (χ0n) is 9.77. The lowest BCUT2D eigenvalue weighted by atomic mass is 10.0. The molecule has 2 aromatic heterocycles. The van der Waals surface area contributed by atoms with Crippen LogP contribution in [0.5, 0.6) is 0 Å². The van der Waals surface area contributed by atoms with Crippen molar-refractivity contribution in [3.63, 3.8) is 0 Å². The fourth-order valence-electron chi connectivity index (χ4n) is 2.13. The molecule has 2 heterocycles. The van der Waals surface area contributed by atoms with Gasteiger partial charge in [0.15, 0.2) is 0 Å². The maximum Gasteiger partial charge on any atom is 0.229 e. The molecule has 3 nitrogen and oxygen atoms in total. The molecule has 0 unspecified atom stereocenters. The van der Waals surface area contributed by atoms with Crippen LogP contribution >= 0.6 is 0 Å². The maximum absolute atomic E-state index is 5.29. The van der Waals surface area contributed by atoms with E-state index in [1.807, 2.05) is 6.07 Å². The summed E-state index contributed by atoms with van der Waals surface area (Å²) in [6, 6.07) is 8.31. The topological polar surface area (TPSA) is 38.9 Å². The minimum Gasteiger partial charge on any atom is -0.446 e. The zero-order chi connectivity index (χ0) is 11.8. The fraction of sp³-hybridized carbons (Fsp3) is 0.143. The van der Waals surface area contributed by atoms with Crippen molar-refractivity contribution in [2.75, 3.05) is 0 Å². The molecule has 0 aliphatic carbocycles. The highest BCUT2D eigenvalue weighted by Gasteiger charge is 2.08. The molecule has 0 atom stereocenters. The van der Waals surface area contributed by atoms with Gasteiger partial charge in [0.25, 0.3) is 0 Å². The summed E-state index contributed by atoms with van der Waals surface area (Å²) in [7, 11) is 0. The van der Waals surface area contributed by atoms with Gasteiger partial charge in [-0.15, -0.1) is 0 Å². The molecule has 3 aromatic rings. The predicted octanol–water partition coefficient (Wildman–Crippen LogP) is 3.51. The van der Waals surface area contributed by atoms with Crippen LogP contribution in [0.4, 0.5) is 0 Å². The summed E-state index contributed by atoms with van der Waals surface area (Å²) in [5.74, 6) is 0. The fourth-order valence-corrected chi connectivity index (χ4v) is 2.13.